The summed E-state index contributed by atoms with van der Waals surface area (Å²) >= 11 is 0. The van der Waals surface area contributed by atoms with E-state index in [0.717, 1.165) is 53.2 Å². The fraction of sp³-hybridized carbons (Fsp3) is 0.429. The van der Waals surface area contributed by atoms with E-state index in [9.17, 15) is 9.59 Å². The second kappa shape index (κ2) is 22.8. The van der Waals surface area contributed by atoms with E-state index in [-0.39, 0.29) is 29.5 Å². The number of benzene rings is 3. The molecule has 4 heterocycles. The van der Waals surface area contributed by atoms with Gasteiger partial charge < -0.3 is 48.3 Å². The molecule has 4 aliphatic rings. The highest BCUT2D eigenvalue weighted by Crippen LogP contribution is 2.40. The van der Waals surface area contributed by atoms with Crippen LogP contribution in [-0.4, -0.2) is 118 Å². The second-order valence-corrected chi connectivity index (χ2v) is 18.9. The first-order valence-corrected chi connectivity index (χ1v) is 23.9. The first-order chi connectivity index (χ1) is 33.6. The molecule has 3 atom stereocenters. The zero-order valence-electron chi connectivity index (χ0n) is 42.0. The lowest BCUT2D eigenvalue weighted by Gasteiger charge is -2.30. The molecule has 0 saturated carbocycles. The minimum atomic E-state index is -0.463. The number of ether oxygens (including phenoxy) is 7. The van der Waals surface area contributed by atoms with Crippen molar-refractivity contribution in [2.24, 2.45) is 9.98 Å². The number of terminal acetylenes is 1. The van der Waals surface area contributed by atoms with Crippen LogP contribution >= 0.6 is 0 Å². The molecule has 3 aromatic rings. The number of nitrogens with zero attached hydrogens (tertiary/aromatic N) is 4. The van der Waals surface area contributed by atoms with Crippen molar-refractivity contribution in [3.63, 3.8) is 0 Å². The van der Waals surface area contributed by atoms with Crippen LogP contribution in [-0.2, 0) is 19.0 Å². The first kappa shape index (κ1) is 51.2. The topological polar surface area (TPSA) is 142 Å². The number of methoxy groups -OCH3 is 3. The van der Waals surface area contributed by atoms with Crippen molar-refractivity contribution < 1.29 is 42.7 Å². The molecule has 0 radical (unpaired) electrons. The molecule has 1 N–H and O–H groups in total. The van der Waals surface area contributed by atoms with Crippen molar-refractivity contribution in [3.8, 4) is 35.3 Å². The van der Waals surface area contributed by atoms with Gasteiger partial charge in [0, 0.05) is 62.3 Å². The smallest absolute Gasteiger partial charge is 0.260 e. The molecule has 0 bridgehead atoms. The van der Waals surface area contributed by atoms with E-state index in [0.29, 0.717) is 85.4 Å². The maximum atomic E-state index is 14.1. The van der Waals surface area contributed by atoms with Gasteiger partial charge in [-0.25, -0.2) is 0 Å². The largest absolute Gasteiger partial charge is 0.498 e. The highest BCUT2D eigenvalue weighted by Gasteiger charge is 2.35. The van der Waals surface area contributed by atoms with Crippen molar-refractivity contribution in [1.29, 1.82) is 0 Å². The van der Waals surface area contributed by atoms with Gasteiger partial charge in [-0.05, 0) is 113 Å². The number of allylic oxidation sites excluding steroid dienone is 1. The summed E-state index contributed by atoms with van der Waals surface area (Å²) in [6.07, 6.45) is 17.5. The molecule has 4 aliphatic heterocycles. The summed E-state index contributed by atoms with van der Waals surface area (Å²) in [5, 5.41) is 3.22. The van der Waals surface area contributed by atoms with Gasteiger partial charge in [0.2, 0.25) is 0 Å². The number of rotatable bonds is 23. The van der Waals surface area contributed by atoms with Crippen molar-refractivity contribution in [3.05, 3.63) is 113 Å². The average Bonchev–Trinajstić information content (AvgIpc) is 3.93. The predicted molar refractivity (Wildman–Crippen MR) is 274 cm³/mol. The minimum Gasteiger partial charge on any atom is -0.498 e. The molecule has 370 valence electrons. The summed E-state index contributed by atoms with van der Waals surface area (Å²) in [6.45, 7) is 14.6. The Morgan fingerprint density at radius 1 is 0.814 bits per heavy atom. The molecular formula is C56H67N5O9. The van der Waals surface area contributed by atoms with Crippen molar-refractivity contribution in [1.82, 2.24) is 15.1 Å². The van der Waals surface area contributed by atoms with Crippen molar-refractivity contribution in [2.45, 2.75) is 103 Å². The van der Waals surface area contributed by atoms with E-state index in [1.54, 1.807) is 49.3 Å². The lowest BCUT2D eigenvalue weighted by Crippen LogP contribution is -2.34. The highest BCUT2D eigenvalue weighted by atomic mass is 16.5. The van der Waals surface area contributed by atoms with Crippen LogP contribution in [0.5, 0.6) is 23.0 Å². The Morgan fingerprint density at radius 2 is 1.46 bits per heavy atom. The Labute approximate surface area is 413 Å². The summed E-state index contributed by atoms with van der Waals surface area (Å²) < 4.78 is 41.7. The summed E-state index contributed by atoms with van der Waals surface area (Å²) in [7, 11) is 4.75. The maximum Gasteiger partial charge on any atom is 0.260 e. The molecule has 3 unspecified atom stereocenters. The first-order valence-electron chi connectivity index (χ1n) is 23.9. The predicted octanol–water partition coefficient (Wildman–Crippen LogP) is 9.34. The van der Waals surface area contributed by atoms with Crippen LogP contribution < -0.4 is 24.3 Å². The molecule has 70 heavy (non-hydrogen) atoms. The van der Waals surface area contributed by atoms with Crippen molar-refractivity contribution >= 4 is 41.1 Å². The molecule has 7 rings (SSSR count). The molecule has 14 nitrogen and oxygen atoms in total. The Kier molecular flexibility index (Phi) is 16.7. The monoisotopic (exact) mass is 953 g/mol. The Hall–Kier alpha value is -6.66. The van der Waals surface area contributed by atoms with Gasteiger partial charge in [0.1, 0.15) is 29.0 Å². The van der Waals surface area contributed by atoms with Gasteiger partial charge in [0.05, 0.1) is 82.2 Å². The third kappa shape index (κ3) is 12.6. The van der Waals surface area contributed by atoms with Gasteiger partial charge in [-0.3, -0.25) is 19.6 Å². The molecule has 0 saturated heterocycles. The standard InChI is InChI=1S/C56H67N5O9/c1-11-23-57-24-21-55(4,5)69-27-22-56(6,7)70-46-19-15-40(16-20-46)42-29-44-34-59-49-32-52(51(66-10)31-48(49)54(63)61(44)36-42)68-26-12-25-67-38(3)50(65-9)30-47-37(2)58-33-43-28-41(35-60(43)53(47)62)39-13-17-45(64-8)18-14-39/h1,13-20,30-36,38,43-44,57H,12,21-29H2,2-10H3/b50-30+. The van der Waals surface area contributed by atoms with E-state index in [1.807, 2.05) is 87.2 Å². The zero-order valence-corrected chi connectivity index (χ0v) is 42.0. The maximum absolute atomic E-state index is 14.1. The second-order valence-electron chi connectivity index (χ2n) is 18.9. The van der Waals surface area contributed by atoms with E-state index in [4.69, 9.17) is 44.6 Å². The average molecular weight is 954 g/mol. The van der Waals surface area contributed by atoms with Gasteiger partial charge in [0.25, 0.3) is 11.8 Å². The zero-order chi connectivity index (χ0) is 50.0. The van der Waals surface area contributed by atoms with E-state index in [1.165, 1.54) is 0 Å². The van der Waals surface area contributed by atoms with Crippen LogP contribution in [0.15, 0.2) is 106 Å². The summed E-state index contributed by atoms with van der Waals surface area (Å²) in [4.78, 5) is 40.9. The number of carbonyl (C=O) groups excluding carboxylic acids is 2. The van der Waals surface area contributed by atoms with Crippen LogP contribution in [0.2, 0.25) is 0 Å². The summed E-state index contributed by atoms with van der Waals surface area (Å²) in [5.41, 5.74) is 5.36. The molecule has 0 aliphatic carbocycles. The number of hydrogen-bond donors (Lipinski definition) is 1. The summed E-state index contributed by atoms with van der Waals surface area (Å²) in [5.74, 6) is 5.20. The number of nitrogens with one attached hydrogen (secondary N) is 1. The normalized spacial score (nSPS) is 18.3. The van der Waals surface area contributed by atoms with Gasteiger partial charge >= 0.3 is 0 Å². The van der Waals surface area contributed by atoms with Gasteiger partial charge in [0.15, 0.2) is 11.5 Å². The van der Waals surface area contributed by atoms with Crippen LogP contribution in [0.4, 0.5) is 5.69 Å². The highest BCUT2D eigenvalue weighted by molar-refractivity contribution is 6.05. The fourth-order valence-electron chi connectivity index (χ4n) is 8.64. The molecular weight excluding hydrogens is 887 g/mol. The lowest BCUT2D eigenvalue weighted by atomic mass is 10.0. The van der Waals surface area contributed by atoms with Gasteiger partial charge in [-0.15, -0.1) is 6.42 Å². The van der Waals surface area contributed by atoms with Crippen LogP contribution in [0.25, 0.3) is 11.1 Å². The quantitative estimate of drug-likeness (QED) is 0.0555. The Balaban J connectivity index is 0.904. The SMILES string of the molecule is C#CCNCCC(C)(C)OCCC(C)(C)Oc1ccc(C2=CN3C(=O)c4cc(OC)c(OCCCOC(C)/C(=C\C5=C(C)N=CC6CC(c7ccc(OC)cc7)=CN6C5=O)OC)cc4N=CC3C2)cc1. The molecule has 2 amide bonds. The molecule has 3 aromatic carbocycles. The molecule has 0 aromatic heterocycles. The third-order valence-electron chi connectivity index (χ3n) is 12.8. The molecule has 0 fully saturated rings. The number of carbonyl (C=O) groups is 2. The van der Waals surface area contributed by atoms with E-state index >= 15 is 0 Å². The minimum absolute atomic E-state index is 0.158. The number of amides is 2. The third-order valence-corrected chi connectivity index (χ3v) is 12.8. The number of hydrogen-bond acceptors (Lipinski definition) is 12. The fourth-order valence-corrected chi connectivity index (χ4v) is 8.64. The number of aliphatic imine (C=N–C) groups is 2. The van der Waals surface area contributed by atoms with Crippen LogP contribution in [0, 0.1) is 12.3 Å². The number of fused-ring (bicyclic) bond motifs is 3. The van der Waals surface area contributed by atoms with E-state index < -0.39 is 11.7 Å². The molecule has 14 heteroatoms. The Bertz CT molecular complexity index is 2600. The van der Waals surface area contributed by atoms with Crippen molar-refractivity contribution in [2.75, 3.05) is 54.2 Å². The van der Waals surface area contributed by atoms with Gasteiger partial charge in [-0.1, -0.05) is 30.2 Å². The van der Waals surface area contributed by atoms with Crippen LogP contribution in [0.3, 0.4) is 0 Å². The molecule has 0 spiro atoms. The lowest BCUT2D eigenvalue weighted by molar-refractivity contribution is -0.124. The van der Waals surface area contributed by atoms with Gasteiger partial charge in [-0.2, -0.15) is 0 Å². The summed E-state index contributed by atoms with van der Waals surface area (Å²) in [6, 6.07) is 18.8. The van der Waals surface area contributed by atoms with Crippen LogP contribution in [0.1, 0.15) is 95.1 Å². The van der Waals surface area contributed by atoms with E-state index in [2.05, 4.69) is 43.9 Å². The Morgan fingerprint density at radius 3 is 2.09 bits per heavy atom.